The molecule has 0 amide bonds. The summed E-state index contributed by atoms with van der Waals surface area (Å²) in [4.78, 5) is 0. The van der Waals surface area contributed by atoms with Crippen LogP contribution in [0.1, 0.15) is 38.9 Å². The molecule has 0 heterocycles. The van der Waals surface area contributed by atoms with E-state index in [1.165, 1.54) is 0 Å². The van der Waals surface area contributed by atoms with Crippen LogP contribution in [0.25, 0.3) is 0 Å². The molecule has 0 fully saturated rings. The quantitative estimate of drug-likeness (QED) is 0.689. The average Bonchev–Trinajstić information content (AvgIpc) is 2.20. The van der Waals surface area contributed by atoms with Gasteiger partial charge in [-0.05, 0) is 24.1 Å². The van der Waals surface area contributed by atoms with Crippen LogP contribution in [0.15, 0.2) is 24.3 Å². The molecule has 0 saturated carbocycles. The molecule has 0 aliphatic heterocycles. The van der Waals surface area contributed by atoms with Crippen LogP contribution in [-0.2, 0) is 0 Å². The highest BCUT2D eigenvalue weighted by Crippen LogP contribution is 2.17. The molecule has 0 unspecified atom stereocenters. The first-order chi connectivity index (χ1) is 6.24. The Kier molecular flexibility index (Phi) is 5.98. The number of rotatable bonds is 2. The molecule has 1 aromatic rings. The van der Waals surface area contributed by atoms with Gasteiger partial charge in [-0.1, -0.05) is 32.9 Å². The van der Waals surface area contributed by atoms with E-state index < -0.39 is 0 Å². The lowest BCUT2D eigenvalue weighted by Crippen LogP contribution is -1.95. The number of benzene rings is 1. The first-order valence-corrected chi connectivity index (χ1v) is 4.77. The summed E-state index contributed by atoms with van der Waals surface area (Å²) >= 11 is 0. The van der Waals surface area contributed by atoms with Crippen LogP contribution in [0, 0.1) is 0 Å². The number of aliphatic hydroxyl groups is 1. The van der Waals surface area contributed by atoms with E-state index in [2.05, 4.69) is 0 Å². The summed E-state index contributed by atoms with van der Waals surface area (Å²) in [6, 6.07) is 7.34. The number of nitrogens with two attached hydrogens (primary N) is 1. The predicted molar refractivity (Wildman–Crippen MR) is 57.5 cm³/mol. The van der Waals surface area contributed by atoms with Crippen LogP contribution >= 0.6 is 0 Å². The smallest absolute Gasteiger partial charge is 0.0788 e. The van der Waals surface area contributed by atoms with Gasteiger partial charge < -0.3 is 10.8 Å². The van der Waals surface area contributed by atoms with Crippen LogP contribution in [0.2, 0.25) is 0 Å². The van der Waals surface area contributed by atoms with Crippen molar-refractivity contribution in [3.05, 3.63) is 29.8 Å². The van der Waals surface area contributed by atoms with Crippen molar-refractivity contribution in [3.63, 3.8) is 0 Å². The summed E-state index contributed by atoms with van der Waals surface area (Å²) in [7, 11) is 0. The van der Waals surface area contributed by atoms with Crippen molar-refractivity contribution < 1.29 is 5.11 Å². The van der Waals surface area contributed by atoms with Gasteiger partial charge >= 0.3 is 0 Å². The van der Waals surface area contributed by atoms with E-state index in [-0.39, 0.29) is 6.10 Å². The fraction of sp³-hybridized carbons (Fsp3) is 0.455. The van der Waals surface area contributed by atoms with Crippen molar-refractivity contribution >= 4 is 5.69 Å². The van der Waals surface area contributed by atoms with Gasteiger partial charge in [0.2, 0.25) is 0 Å². The maximum absolute atomic E-state index is 9.40. The van der Waals surface area contributed by atoms with E-state index in [9.17, 15) is 5.11 Å². The second-order valence-corrected chi connectivity index (χ2v) is 2.59. The molecule has 74 valence electrons. The van der Waals surface area contributed by atoms with Gasteiger partial charge in [0.15, 0.2) is 0 Å². The minimum Gasteiger partial charge on any atom is -0.399 e. The van der Waals surface area contributed by atoms with Crippen molar-refractivity contribution in [1.82, 2.24) is 0 Å². The Morgan fingerprint density at radius 2 is 2.00 bits per heavy atom. The molecule has 13 heavy (non-hydrogen) atoms. The first kappa shape index (κ1) is 12.0. The molecule has 1 atom stereocenters. The molecule has 0 radical (unpaired) electrons. The molecule has 0 saturated heterocycles. The van der Waals surface area contributed by atoms with E-state index in [0.717, 1.165) is 12.0 Å². The van der Waals surface area contributed by atoms with Crippen molar-refractivity contribution in [3.8, 4) is 0 Å². The average molecular weight is 181 g/mol. The Hall–Kier alpha value is -1.02. The van der Waals surface area contributed by atoms with Gasteiger partial charge in [0.05, 0.1) is 6.10 Å². The van der Waals surface area contributed by atoms with E-state index in [4.69, 9.17) is 5.73 Å². The van der Waals surface area contributed by atoms with Gasteiger partial charge in [0.25, 0.3) is 0 Å². The van der Waals surface area contributed by atoms with Gasteiger partial charge in [-0.2, -0.15) is 0 Å². The van der Waals surface area contributed by atoms with Crippen LogP contribution < -0.4 is 5.73 Å². The number of anilines is 1. The van der Waals surface area contributed by atoms with Crippen molar-refractivity contribution in [2.45, 2.75) is 33.3 Å². The Morgan fingerprint density at radius 3 is 2.46 bits per heavy atom. The predicted octanol–water partition coefficient (Wildman–Crippen LogP) is 2.74. The summed E-state index contributed by atoms with van der Waals surface area (Å²) < 4.78 is 0. The maximum Gasteiger partial charge on any atom is 0.0788 e. The summed E-state index contributed by atoms with van der Waals surface area (Å²) in [5.74, 6) is 0. The Bertz CT molecular complexity index is 235. The normalized spacial score (nSPS) is 11.4. The molecule has 0 spiro atoms. The Labute approximate surface area is 80.4 Å². The second kappa shape index (κ2) is 6.49. The zero-order chi connectivity index (χ0) is 10.3. The zero-order valence-electron chi connectivity index (χ0n) is 8.62. The first-order valence-electron chi connectivity index (χ1n) is 4.77. The summed E-state index contributed by atoms with van der Waals surface area (Å²) in [6.45, 7) is 5.94. The highest BCUT2D eigenvalue weighted by Gasteiger charge is 2.02. The summed E-state index contributed by atoms with van der Waals surface area (Å²) in [5.41, 5.74) is 7.14. The second-order valence-electron chi connectivity index (χ2n) is 2.59. The fourth-order valence-corrected chi connectivity index (χ4v) is 1.00. The number of aliphatic hydroxyl groups excluding tert-OH is 1. The van der Waals surface area contributed by atoms with Crippen LogP contribution in [0.4, 0.5) is 5.69 Å². The molecule has 2 heteroatoms. The maximum atomic E-state index is 9.40. The van der Waals surface area contributed by atoms with Gasteiger partial charge in [0, 0.05) is 5.69 Å². The molecule has 0 aromatic heterocycles. The summed E-state index contributed by atoms with van der Waals surface area (Å²) in [6.07, 6.45) is 0.349. The van der Waals surface area contributed by atoms with E-state index in [1.807, 2.05) is 39.0 Å². The number of hydrogen-bond donors (Lipinski definition) is 2. The molecular weight excluding hydrogens is 162 g/mol. The third-order valence-corrected chi connectivity index (χ3v) is 1.68. The van der Waals surface area contributed by atoms with Crippen molar-refractivity contribution in [2.24, 2.45) is 0 Å². The van der Waals surface area contributed by atoms with Crippen molar-refractivity contribution in [1.29, 1.82) is 0 Å². The van der Waals surface area contributed by atoms with Crippen LogP contribution in [0.5, 0.6) is 0 Å². The van der Waals surface area contributed by atoms with Gasteiger partial charge in [0.1, 0.15) is 0 Å². The lowest BCUT2D eigenvalue weighted by molar-refractivity contribution is 0.174. The number of nitrogen functional groups attached to an aromatic ring is 1. The molecule has 2 nitrogen and oxygen atoms in total. The lowest BCUT2D eigenvalue weighted by atomic mass is 10.1. The topological polar surface area (TPSA) is 46.2 Å². The SMILES string of the molecule is CC.CC[C@H](O)c1cccc(N)c1. The highest BCUT2D eigenvalue weighted by molar-refractivity contribution is 5.41. The molecule has 0 aliphatic rings. The molecule has 1 rings (SSSR count). The molecule has 1 aromatic carbocycles. The molecule has 0 aliphatic carbocycles. The minimum absolute atomic E-state index is 0.376. The Morgan fingerprint density at radius 1 is 1.38 bits per heavy atom. The highest BCUT2D eigenvalue weighted by atomic mass is 16.3. The molecule has 3 N–H and O–H groups in total. The third-order valence-electron chi connectivity index (χ3n) is 1.68. The summed E-state index contributed by atoms with van der Waals surface area (Å²) in [5, 5.41) is 9.40. The Balaban J connectivity index is 0.000000671. The monoisotopic (exact) mass is 181 g/mol. The minimum atomic E-state index is -0.376. The van der Waals surface area contributed by atoms with Crippen LogP contribution in [-0.4, -0.2) is 5.11 Å². The van der Waals surface area contributed by atoms with Gasteiger partial charge in [-0.3, -0.25) is 0 Å². The van der Waals surface area contributed by atoms with Gasteiger partial charge in [-0.15, -0.1) is 0 Å². The van der Waals surface area contributed by atoms with Crippen molar-refractivity contribution in [2.75, 3.05) is 5.73 Å². The third kappa shape index (κ3) is 3.95. The fourth-order valence-electron chi connectivity index (χ4n) is 1.00. The molecular formula is C11H19NO. The van der Waals surface area contributed by atoms with Gasteiger partial charge in [-0.25, -0.2) is 0 Å². The largest absolute Gasteiger partial charge is 0.399 e. The van der Waals surface area contributed by atoms with E-state index >= 15 is 0 Å². The standard InChI is InChI=1S/C9H13NO.C2H6/c1-2-9(11)7-4-3-5-8(10)6-7;1-2/h3-6,9,11H,2,10H2,1H3;1-2H3/t9-;/m0./s1. The number of hydrogen-bond acceptors (Lipinski definition) is 2. The molecule has 0 bridgehead atoms. The van der Waals surface area contributed by atoms with E-state index in [0.29, 0.717) is 5.69 Å². The lowest BCUT2D eigenvalue weighted by Gasteiger charge is -2.07. The van der Waals surface area contributed by atoms with Crippen LogP contribution in [0.3, 0.4) is 0 Å². The zero-order valence-corrected chi connectivity index (χ0v) is 8.62. The van der Waals surface area contributed by atoms with E-state index in [1.54, 1.807) is 6.07 Å².